The summed E-state index contributed by atoms with van der Waals surface area (Å²) < 4.78 is 10.3. The fourth-order valence-corrected chi connectivity index (χ4v) is 2.44. The summed E-state index contributed by atoms with van der Waals surface area (Å²) in [7, 11) is 1.53. The molecule has 0 unspecified atom stereocenters. The van der Waals surface area contributed by atoms with Crippen LogP contribution >= 0.6 is 11.3 Å². The number of aryl methyl sites for hydroxylation is 1. The van der Waals surface area contributed by atoms with E-state index < -0.39 is 18.0 Å². The number of benzene rings is 1. The zero-order valence-electron chi connectivity index (χ0n) is 12.6. The molecule has 0 aliphatic carbocycles. The number of carbonyl (C=O) groups is 2. The maximum atomic E-state index is 12.2. The molecule has 0 saturated heterocycles. The number of hydrogen-bond acceptors (Lipinski definition) is 5. The van der Waals surface area contributed by atoms with E-state index in [9.17, 15) is 9.59 Å². The number of anilines is 1. The van der Waals surface area contributed by atoms with Crippen molar-refractivity contribution in [2.45, 2.75) is 20.0 Å². The molecule has 1 N–H and O–H groups in total. The lowest BCUT2D eigenvalue weighted by Gasteiger charge is -2.15. The molecule has 0 aliphatic rings. The third-order valence-corrected chi connectivity index (χ3v) is 3.71. The van der Waals surface area contributed by atoms with E-state index in [1.165, 1.54) is 25.4 Å². The Balaban J connectivity index is 2.02. The largest absolute Gasteiger partial charge is 0.495 e. The first-order valence-corrected chi connectivity index (χ1v) is 7.64. The molecule has 0 spiro atoms. The molecule has 5 nitrogen and oxygen atoms in total. The fourth-order valence-electron chi connectivity index (χ4n) is 1.82. The number of rotatable bonds is 5. The molecular weight excluding hydrogens is 302 g/mol. The van der Waals surface area contributed by atoms with Crippen molar-refractivity contribution in [3.8, 4) is 5.75 Å². The average Bonchev–Trinajstić information content (AvgIpc) is 3.01. The summed E-state index contributed by atoms with van der Waals surface area (Å²) in [5.74, 6) is -0.372. The van der Waals surface area contributed by atoms with Crippen LogP contribution in [0.4, 0.5) is 5.69 Å². The minimum atomic E-state index is -0.905. The molecule has 0 radical (unpaired) electrons. The first-order chi connectivity index (χ1) is 10.5. The van der Waals surface area contributed by atoms with Gasteiger partial charge in [-0.25, -0.2) is 4.79 Å². The van der Waals surface area contributed by atoms with Crippen LogP contribution in [0.25, 0.3) is 0 Å². The second-order valence-electron chi connectivity index (χ2n) is 4.75. The first kappa shape index (κ1) is 16.0. The van der Waals surface area contributed by atoms with Gasteiger partial charge in [-0.05, 0) is 43.0 Å². The number of hydrogen-bond donors (Lipinski definition) is 1. The summed E-state index contributed by atoms with van der Waals surface area (Å²) >= 11 is 1.39. The van der Waals surface area contributed by atoms with E-state index in [0.717, 1.165) is 5.56 Å². The van der Waals surface area contributed by atoms with Crippen molar-refractivity contribution in [3.05, 3.63) is 46.2 Å². The number of thiophene rings is 1. The topological polar surface area (TPSA) is 64.6 Å². The second kappa shape index (κ2) is 7.09. The van der Waals surface area contributed by atoms with Gasteiger partial charge in [0.15, 0.2) is 6.10 Å². The molecule has 0 fully saturated rings. The van der Waals surface area contributed by atoms with Gasteiger partial charge in [-0.15, -0.1) is 0 Å². The van der Waals surface area contributed by atoms with Crippen LogP contribution in [-0.2, 0) is 9.53 Å². The molecule has 22 heavy (non-hydrogen) atoms. The smallest absolute Gasteiger partial charge is 0.339 e. The van der Waals surface area contributed by atoms with Crippen molar-refractivity contribution >= 4 is 28.9 Å². The molecule has 0 saturated carbocycles. The van der Waals surface area contributed by atoms with E-state index >= 15 is 0 Å². The molecule has 1 aromatic heterocycles. The summed E-state index contributed by atoms with van der Waals surface area (Å²) in [5, 5.41) is 6.17. The van der Waals surface area contributed by atoms with Crippen molar-refractivity contribution in [2.24, 2.45) is 0 Å². The van der Waals surface area contributed by atoms with Crippen molar-refractivity contribution in [3.63, 3.8) is 0 Å². The SMILES string of the molecule is COc1ccc(C)cc1NC(=O)[C@H](C)OC(=O)c1ccsc1. The van der Waals surface area contributed by atoms with Crippen molar-refractivity contribution in [1.82, 2.24) is 0 Å². The Labute approximate surface area is 132 Å². The van der Waals surface area contributed by atoms with Gasteiger partial charge in [-0.3, -0.25) is 4.79 Å². The summed E-state index contributed by atoms with van der Waals surface area (Å²) in [5.41, 5.74) is 1.97. The maximum Gasteiger partial charge on any atom is 0.339 e. The Morgan fingerprint density at radius 3 is 2.68 bits per heavy atom. The molecule has 0 bridgehead atoms. The Kier molecular flexibility index (Phi) is 5.16. The van der Waals surface area contributed by atoms with Crippen LogP contribution < -0.4 is 10.1 Å². The molecule has 116 valence electrons. The van der Waals surface area contributed by atoms with E-state index in [1.54, 1.807) is 29.0 Å². The van der Waals surface area contributed by atoms with Gasteiger partial charge >= 0.3 is 5.97 Å². The van der Waals surface area contributed by atoms with E-state index in [-0.39, 0.29) is 0 Å². The summed E-state index contributed by atoms with van der Waals surface area (Å²) in [6.07, 6.45) is -0.905. The number of amides is 1. The predicted molar refractivity (Wildman–Crippen MR) is 85.6 cm³/mol. The van der Waals surface area contributed by atoms with E-state index in [1.807, 2.05) is 13.0 Å². The molecule has 1 heterocycles. The van der Waals surface area contributed by atoms with Gasteiger partial charge in [-0.1, -0.05) is 6.07 Å². The standard InChI is InChI=1S/C16H17NO4S/c1-10-4-5-14(20-3)13(8-10)17-15(18)11(2)21-16(19)12-6-7-22-9-12/h4-9,11H,1-3H3,(H,17,18)/t11-/m0/s1. The van der Waals surface area contributed by atoms with Crippen LogP contribution in [-0.4, -0.2) is 25.1 Å². The molecule has 2 aromatic rings. The molecule has 2 rings (SSSR count). The van der Waals surface area contributed by atoms with Gasteiger partial charge in [0.05, 0.1) is 18.4 Å². The van der Waals surface area contributed by atoms with Gasteiger partial charge < -0.3 is 14.8 Å². The summed E-state index contributed by atoms with van der Waals surface area (Å²) in [4.78, 5) is 24.0. The van der Waals surface area contributed by atoms with Gasteiger partial charge in [0, 0.05) is 5.38 Å². The quantitative estimate of drug-likeness (QED) is 0.859. The van der Waals surface area contributed by atoms with Crippen LogP contribution in [0, 0.1) is 6.92 Å². The normalized spacial score (nSPS) is 11.6. The summed E-state index contributed by atoms with van der Waals surface area (Å²) in [6, 6.07) is 7.10. The molecule has 6 heteroatoms. The minimum Gasteiger partial charge on any atom is -0.495 e. The second-order valence-corrected chi connectivity index (χ2v) is 5.53. The third-order valence-electron chi connectivity index (χ3n) is 3.02. The zero-order valence-corrected chi connectivity index (χ0v) is 13.4. The van der Waals surface area contributed by atoms with Crippen LogP contribution in [0.15, 0.2) is 35.0 Å². The number of nitrogens with one attached hydrogen (secondary N) is 1. The van der Waals surface area contributed by atoms with Crippen molar-refractivity contribution < 1.29 is 19.1 Å². The van der Waals surface area contributed by atoms with Crippen LogP contribution in [0.3, 0.4) is 0 Å². The summed E-state index contributed by atoms with van der Waals surface area (Å²) in [6.45, 7) is 3.44. The van der Waals surface area contributed by atoms with Gasteiger partial charge in [-0.2, -0.15) is 11.3 Å². The lowest BCUT2D eigenvalue weighted by Crippen LogP contribution is -2.30. The van der Waals surface area contributed by atoms with Crippen LogP contribution in [0.5, 0.6) is 5.75 Å². The molecular formula is C16H17NO4S. The monoisotopic (exact) mass is 319 g/mol. The fraction of sp³-hybridized carbons (Fsp3) is 0.250. The average molecular weight is 319 g/mol. The Morgan fingerprint density at radius 1 is 1.27 bits per heavy atom. The number of carbonyl (C=O) groups excluding carboxylic acids is 2. The highest BCUT2D eigenvalue weighted by Gasteiger charge is 2.20. The molecule has 0 aliphatic heterocycles. The van der Waals surface area contributed by atoms with Gasteiger partial charge in [0.25, 0.3) is 5.91 Å². The first-order valence-electron chi connectivity index (χ1n) is 6.70. The number of methoxy groups -OCH3 is 1. The van der Waals surface area contributed by atoms with Crippen molar-refractivity contribution in [2.75, 3.05) is 12.4 Å². The van der Waals surface area contributed by atoms with E-state index in [0.29, 0.717) is 17.0 Å². The van der Waals surface area contributed by atoms with Crippen LogP contribution in [0.1, 0.15) is 22.8 Å². The van der Waals surface area contributed by atoms with Gasteiger partial charge in [0.1, 0.15) is 5.75 Å². The lowest BCUT2D eigenvalue weighted by molar-refractivity contribution is -0.123. The number of ether oxygens (including phenoxy) is 2. The molecule has 1 atom stereocenters. The minimum absolute atomic E-state index is 0.410. The molecule has 1 amide bonds. The highest BCUT2D eigenvalue weighted by Crippen LogP contribution is 2.25. The van der Waals surface area contributed by atoms with E-state index in [2.05, 4.69) is 5.32 Å². The van der Waals surface area contributed by atoms with Crippen molar-refractivity contribution in [1.29, 1.82) is 0 Å². The Morgan fingerprint density at radius 2 is 2.05 bits per heavy atom. The van der Waals surface area contributed by atoms with E-state index in [4.69, 9.17) is 9.47 Å². The highest BCUT2D eigenvalue weighted by atomic mass is 32.1. The maximum absolute atomic E-state index is 12.2. The highest BCUT2D eigenvalue weighted by molar-refractivity contribution is 7.08. The predicted octanol–water partition coefficient (Wildman–Crippen LogP) is 3.25. The Hall–Kier alpha value is -2.34. The Bertz CT molecular complexity index is 667. The van der Waals surface area contributed by atoms with Gasteiger partial charge in [0.2, 0.25) is 0 Å². The third kappa shape index (κ3) is 3.85. The molecule has 1 aromatic carbocycles. The number of esters is 1. The zero-order chi connectivity index (χ0) is 16.1. The lowest BCUT2D eigenvalue weighted by atomic mass is 10.2. The van der Waals surface area contributed by atoms with Crippen LogP contribution in [0.2, 0.25) is 0 Å².